The van der Waals surface area contributed by atoms with Crippen molar-refractivity contribution in [3.63, 3.8) is 0 Å². The third kappa shape index (κ3) is 7.63. The third-order valence-electron chi connectivity index (χ3n) is 2.66. The zero-order valence-corrected chi connectivity index (χ0v) is 15.0. The summed E-state index contributed by atoms with van der Waals surface area (Å²) < 4.78 is 77.8. The highest BCUT2D eigenvalue weighted by Gasteiger charge is 2.38. The maximum absolute atomic E-state index is 13.0. The lowest BCUT2D eigenvalue weighted by molar-refractivity contribution is -0.137. The molecule has 0 aliphatic heterocycles. The van der Waals surface area contributed by atoms with Gasteiger partial charge in [0.05, 0.1) is 11.1 Å². The fourth-order valence-corrected chi connectivity index (χ4v) is 1.83. The molecule has 1 rings (SSSR count). The molecule has 0 aromatic heterocycles. The quantitative estimate of drug-likeness (QED) is 0.378. The average molecular weight is 366 g/mol. The summed E-state index contributed by atoms with van der Waals surface area (Å²) in [5.41, 5.74) is -3.43. The van der Waals surface area contributed by atoms with Crippen LogP contribution in [0.2, 0.25) is 0 Å². The van der Waals surface area contributed by atoms with Crippen LogP contribution in [0.15, 0.2) is 54.6 Å². The van der Waals surface area contributed by atoms with Crippen LogP contribution in [0.1, 0.15) is 45.7 Å². The van der Waals surface area contributed by atoms with Gasteiger partial charge in [-0.25, -0.2) is 0 Å². The van der Waals surface area contributed by atoms with Crippen LogP contribution in [0.4, 0.5) is 26.3 Å². The molecule has 142 valence electrons. The van der Waals surface area contributed by atoms with Crippen molar-refractivity contribution >= 4 is 5.57 Å². The van der Waals surface area contributed by atoms with Crippen LogP contribution < -0.4 is 0 Å². The summed E-state index contributed by atoms with van der Waals surface area (Å²) in [7, 11) is 0. The van der Waals surface area contributed by atoms with Gasteiger partial charge in [0.1, 0.15) is 0 Å². The number of allylic oxidation sites excluding steroid dienone is 5. The Morgan fingerprint density at radius 2 is 1.40 bits per heavy atom. The first-order chi connectivity index (χ1) is 11.6. The van der Waals surface area contributed by atoms with Gasteiger partial charge in [-0.2, -0.15) is 26.3 Å². The normalized spacial score (nSPS) is 12.4. The van der Waals surface area contributed by atoms with E-state index in [0.29, 0.717) is 6.08 Å². The molecule has 0 heterocycles. The fraction of sp³-hybridized carbons (Fsp3) is 0.368. The van der Waals surface area contributed by atoms with Crippen LogP contribution >= 0.6 is 0 Å². The molecule has 0 atom stereocenters. The molecule has 1 aromatic carbocycles. The van der Waals surface area contributed by atoms with E-state index in [1.54, 1.807) is 0 Å². The Balaban J connectivity index is 0. The third-order valence-corrected chi connectivity index (χ3v) is 2.66. The molecule has 0 bridgehead atoms. The molecule has 0 radical (unpaired) electrons. The lowest BCUT2D eigenvalue weighted by atomic mass is 9.94. The SMILES string of the molecule is C=C/C(=C(\C=C/C)c1ccccc1C(F)(F)F)C(F)(F)F.CC.CC. The van der Waals surface area contributed by atoms with Crippen molar-refractivity contribution in [2.45, 2.75) is 47.0 Å². The van der Waals surface area contributed by atoms with E-state index in [1.807, 2.05) is 27.7 Å². The molecule has 0 spiro atoms. The highest BCUT2D eigenvalue weighted by molar-refractivity contribution is 5.81. The Kier molecular flexibility index (Phi) is 11.7. The van der Waals surface area contributed by atoms with Crippen LogP contribution in [0.3, 0.4) is 0 Å². The summed E-state index contributed by atoms with van der Waals surface area (Å²) in [6, 6.07) is 4.13. The Labute approximate surface area is 145 Å². The molecule has 0 aliphatic rings. The number of halogens is 6. The number of benzene rings is 1. The fourth-order valence-electron chi connectivity index (χ4n) is 1.83. The van der Waals surface area contributed by atoms with E-state index in [-0.39, 0.29) is 0 Å². The molecule has 1 aromatic rings. The van der Waals surface area contributed by atoms with Crippen molar-refractivity contribution < 1.29 is 26.3 Å². The van der Waals surface area contributed by atoms with Gasteiger partial charge in [0.25, 0.3) is 0 Å². The van der Waals surface area contributed by atoms with Crippen molar-refractivity contribution in [2.75, 3.05) is 0 Å². The highest BCUT2D eigenvalue weighted by atomic mass is 19.4. The van der Waals surface area contributed by atoms with Gasteiger partial charge < -0.3 is 0 Å². The predicted molar refractivity (Wildman–Crippen MR) is 92.1 cm³/mol. The smallest absolute Gasteiger partial charge is 0.166 e. The minimum atomic E-state index is -4.80. The first kappa shape index (κ1) is 25.3. The first-order valence-electron chi connectivity index (χ1n) is 7.86. The van der Waals surface area contributed by atoms with Crippen LogP contribution in [-0.4, -0.2) is 6.18 Å². The van der Waals surface area contributed by atoms with Gasteiger partial charge in [0, 0.05) is 0 Å². The van der Waals surface area contributed by atoms with Crippen LogP contribution in [0.5, 0.6) is 0 Å². The maximum atomic E-state index is 13.0. The van der Waals surface area contributed by atoms with Gasteiger partial charge in [-0.15, -0.1) is 0 Å². The molecule has 0 amide bonds. The zero-order chi connectivity index (χ0) is 20.3. The molecule has 0 nitrogen and oxygen atoms in total. The lowest BCUT2D eigenvalue weighted by Gasteiger charge is -2.17. The molecule has 0 unspecified atom stereocenters. The Morgan fingerprint density at radius 1 is 0.920 bits per heavy atom. The van der Waals surface area contributed by atoms with Gasteiger partial charge in [0.15, 0.2) is 0 Å². The summed E-state index contributed by atoms with van der Waals surface area (Å²) >= 11 is 0. The van der Waals surface area contributed by atoms with E-state index in [1.165, 1.54) is 19.1 Å². The van der Waals surface area contributed by atoms with E-state index in [9.17, 15) is 26.3 Å². The molecular weight excluding hydrogens is 342 g/mol. The van der Waals surface area contributed by atoms with Gasteiger partial charge in [-0.05, 0) is 24.1 Å². The monoisotopic (exact) mass is 366 g/mol. The second-order valence-corrected chi connectivity index (χ2v) is 4.07. The molecule has 6 heteroatoms. The summed E-state index contributed by atoms with van der Waals surface area (Å²) in [6.07, 6.45) is -6.79. The van der Waals surface area contributed by atoms with Crippen LogP contribution in [0, 0.1) is 0 Å². The number of hydrogen-bond acceptors (Lipinski definition) is 0. The Morgan fingerprint density at radius 3 is 1.76 bits per heavy atom. The van der Waals surface area contributed by atoms with Crippen LogP contribution in [0.25, 0.3) is 5.57 Å². The van der Waals surface area contributed by atoms with E-state index in [0.717, 1.165) is 24.3 Å². The van der Waals surface area contributed by atoms with Gasteiger partial charge in [-0.1, -0.05) is 70.7 Å². The number of rotatable bonds is 3. The highest BCUT2D eigenvalue weighted by Crippen LogP contribution is 2.39. The molecule has 0 saturated carbocycles. The number of alkyl halides is 6. The van der Waals surface area contributed by atoms with Crippen molar-refractivity contribution in [1.29, 1.82) is 0 Å². The van der Waals surface area contributed by atoms with Crippen molar-refractivity contribution in [3.05, 3.63) is 65.8 Å². The largest absolute Gasteiger partial charge is 0.417 e. The molecule has 25 heavy (non-hydrogen) atoms. The van der Waals surface area contributed by atoms with Crippen molar-refractivity contribution in [1.82, 2.24) is 0 Å². The summed E-state index contributed by atoms with van der Waals surface area (Å²) in [4.78, 5) is 0. The van der Waals surface area contributed by atoms with Gasteiger partial charge in [0.2, 0.25) is 0 Å². The van der Waals surface area contributed by atoms with Crippen molar-refractivity contribution in [2.24, 2.45) is 0 Å². The minimum Gasteiger partial charge on any atom is -0.166 e. The standard InChI is InChI=1S/C15H12F6.2C2H6/c1-3-7-10(12(4-2)14(16,17)18)11-8-5-6-9-13(11)15(19,20)21;2*1-2/h3-9H,2H2,1H3;2*1-2H3/b7-3-,12-10-;;. The summed E-state index contributed by atoms with van der Waals surface area (Å²) in [5.74, 6) is 0. The van der Waals surface area contributed by atoms with E-state index < -0.39 is 34.6 Å². The second kappa shape index (κ2) is 11.6. The topological polar surface area (TPSA) is 0 Å². The summed E-state index contributed by atoms with van der Waals surface area (Å²) in [6.45, 7) is 12.5. The molecule has 0 fully saturated rings. The van der Waals surface area contributed by atoms with E-state index >= 15 is 0 Å². The molecular formula is C19H24F6. The van der Waals surface area contributed by atoms with Gasteiger partial charge >= 0.3 is 12.4 Å². The van der Waals surface area contributed by atoms with E-state index in [4.69, 9.17) is 0 Å². The Bertz CT molecular complexity index is 574. The molecule has 0 aliphatic carbocycles. The Hall–Kier alpha value is -1.98. The molecule has 0 N–H and O–H groups in total. The number of hydrogen-bond donors (Lipinski definition) is 0. The molecule has 0 saturated heterocycles. The lowest BCUT2D eigenvalue weighted by Crippen LogP contribution is -2.14. The average Bonchev–Trinajstić information content (AvgIpc) is 2.56. The van der Waals surface area contributed by atoms with E-state index in [2.05, 4.69) is 6.58 Å². The maximum Gasteiger partial charge on any atom is 0.417 e. The predicted octanol–water partition coefficient (Wildman–Crippen LogP) is 7.84. The van der Waals surface area contributed by atoms with Crippen molar-refractivity contribution in [3.8, 4) is 0 Å². The van der Waals surface area contributed by atoms with Gasteiger partial charge in [-0.3, -0.25) is 0 Å². The second-order valence-electron chi connectivity index (χ2n) is 4.07. The minimum absolute atomic E-state index is 0.516. The van der Waals surface area contributed by atoms with Crippen LogP contribution in [-0.2, 0) is 6.18 Å². The summed E-state index contributed by atoms with van der Waals surface area (Å²) in [5, 5.41) is 0. The zero-order valence-electron chi connectivity index (χ0n) is 15.0. The first-order valence-corrected chi connectivity index (χ1v) is 7.86.